The van der Waals surface area contributed by atoms with Gasteiger partial charge >= 0.3 is 0 Å². The number of nitrogens with zero attached hydrogens (tertiary/aromatic N) is 2. The molecule has 0 bridgehead atoms. The monoisotopic (exact) mass is 277 g/mol. The van der Waals surface area contributed by atoms with Gasteiger partial charge in [0.2, 0.25) is 0 Å². The van der Waals surface area contributed by atoms with Crippen molar-refractivity contribution in [1.82, 2.24) is 9.55 Å². The summed E-state index contributed by atoms with van der Waals surface area (Å²) >= 11 is 0. The molecule has 1 rings (SSSR count). The lowest BCUT2D eigenvalue weighted by molar-refractivity contribution is 0.587. The lowest BCUT2D eigenvalue weighted by atomic mass is 10.1. The van der Waals surface area contributed by atoms with Crippen molar-refractivity contribution in [3.8, 4) is 0 Å². The molecule has 3 nitrogen and oxygen atoms in total. The molecule has 0 saturated carbocycles. The fourth-order valence-electron chi connectivity index (χ4n) is 2.60. The van der Waals surface area contributed by atoms with E-state index in [1.807, 2.05) is 6.08 Å². The minimum atomic E-state index is 0.763. The van der Waals surface area contributed by atoms with Gasteiger partial charge in [0.25, 0.3) is 0 Å². The van der Waals surface area contributed by atoms with E-state index in [4.69, 9.17) is 5.73 Å². The minimum Gasteiger partial charge on any atom is -0.384 e. The molecule has 3 heteroatoms. The Kier molecular flexibility index (Phi) is 8.08. The Hall–Kier alpha value is -1.25. The topological polar surface area (TPSA) is 43.8 Å². The van der Waals surface area contributed by atoms with Gasteiger partial charge < -0.3 is 10.3 Å². The first kappa shape index (κ1) is 16.8. The molecule has 0 aromatic carbocycles. The van der Waals surface area contributed by atoms with Crippen molar-refractivity contribution < 1.29 is 0 Å². The number of hydrogen-bond acceptors (Lipinski definition) is 2. The predicted octanol–water partition coefficient (Wildman–Crippen LogP) is 4.51. The van der Waals surface area contributed by atoms with Crippen LogP contribution in [-0.2, 0) is 19.4 Å². The van der Waals surface area contributed by atoms with E-state index >= 15 is 0 Å². The average Bonchev–Trinajstić information content (AvgIpc) is 2.75. The zero-order valence-electron chi connectivity index (χ0n) is 13.3. The highest BCUT2D eigenvalue weighted by Crippen LogP contribution is 2.18. The first-order chi connectivity index (χ1) is 9.74. The highest BCUT2D eigenvalue weighted by molar-refractivity contribution is 5.38. The van der Waals surface area contributed by atoms with Crippen LogP contribution >= 0.6 is 0 Å². The number of aromatic nitrogens is 2. The second-order valence-corrected chi connectivity index (χ2v) is 5.48. The standard InChI is InChI=1S/C17H31N3/c1-4-7-8-9-10-11-12-13-15-17(18)20(14-5-2)16(6-3)19-15/h5H,2,4,6-14,18H2,1,3H3. The maximum absolute atomic E-state index is 6.20. The normalized spacial score (nSPS) is 10.9. The summed E-state index contributed by atoms with van der Waals surface area (Å²) in [5.41, 5.74) is 7.28. The lowest BCUT2D eigenvalue weighted by Gasteiger charge is -2.05. The van der Waals surface area contributed by atoms with Gasteiger partial charge in [-0.05, 0) is 12.8 Å². The van der Waals surface area contributed by atoms with Gasteiger partial charge in [0.1, 0.15) is 11.6 Å². The summed E-state index contributed by atoms with van der Waals surface area (Å²) in [5, 5.41) is 0. The molecule has 0 atom stereocenters. The molecule has 0 radical (unpaired) electrons. The molecular weight excluding hydrogens is 246 g/mol. The van der Waals surface area contributed by atoms with Crippen molar-refractivity contribution in [2.24, 2.45) is 0 Å². The number of nitrogens with two attached hydrogens (primary N) is 1. The molecule has 0 aliphatic rings. The molecule has 0 saturated heterocycles. The Balaban J connectivity index is 2.38. The third kappa shape index (κ3) is 5.03. The number of hydrogen-bond donors (Lipinski definition) is 1. The van der Waals surface area contributed by atoms with Crippen molar-refractivity contribution in [2.45, 2.75) is 78.2 Å². The van der Waals surface area contributed by atoms with Crippen LogP contribution in [0.3, 0.4) is 0 Å². The second-order valence-electron chi connectivity index (χ2n) is 5.48. The SMILES string of the molecule is C=CCn1c(CC)nc(CCCCCCCCC)c1N. The van der Waals surface area contributed by atoms with Crippen LogP contribution in [0.5, 0.6) is 0 Å². The van der Waals surface area contributed by atoms with Gasteiger partial charge in [-0.25, -0.2) is 4.98 Å². The third-order valence-corrected chi connectivity index (χ3v) is 3.81. The van der Waals surface area contributed by atoms with E-state index in [2.05, 4.69) is 30.0 Å². The first-order valence-electron chi connectivity index (χ1n) is 8.19. The summed E-state index contributed by atoms with van der Waals surface area (Å²) in [5.74, 6) is 1.92. The van der Waals surface area contributed by atoms with Gasteiger partial charge in [0.15, 0.2) is 0 Å². The quantitative estimate of drug-likeness (QED) is 0.478. The smallest absolute Gasteiger partial charge is 0.127 e. The summed E-state index contributed by atoms with van der Waals surface area (Å²) in [6.07, 6.45) is 13.1. The van der Waals surface area contributed by atoms with E-state index in [-0.39, 0.29) is 0 Å². The largest absolute Gasteiger partial charge is 0.384 e. The molecule has 1 heterocycles. The Morgan fingerprint density at radius 1 is 1.10 bits per heavy atom. The molecule has 20 heavy (non-hydrogen) atoms. The van der Waals surface area contributed by atoms with Crippen LogP contribution in [0.1, 0.15) is 70.3 Å². The molecule has 0 aliphatic carbocycles. The molecule has 2 N–H and O–H groups in total. The van der Waals surface area contributed by atoms with Gasteiger partial charge in [-0.1, -0.05) is 58.4 Å². The average molecular weight is 277 g/mol. The van der Waals surface area contributed by atoms with Crippen LogP contribution in [0.15, 0.2) is 12.7 Å². The molecule has 0 unspecified atom stereocenters. The summed E-state index contributed by atoms with van der Waals surface area (Å²) in [7, 11) is 0. The van der Waals surface area contributed by atoms with Crippen molar-refractivity contribution in [3.05, 3.63) is 24.2 Å². The van der Waals surface area contributed by atoms with Gasteiger partial charge in [-0.2, -0.15) is 0 Å². The lowest BCUT2D eigenvalue weighted by Crippen LogP contribution is -2.05. The van der Waals surface area contributed by atoms with Crippen LogP contribution < -0.4 is 5.73 Å². The number of nitrogen functional groups attached to an aromatic ring is 1. The third-order valence-electron chi connectivity index (χ3n) is 3.81. The molecule has 1 aromatic heterocycles. The van der Waals surface area contributed by atoms with Crippen LogP contribution in [0.2, 0.25) is 0 Å². The fourth-order valence-corrected chi connectivity index (χ4v) is 2.60. The number of unbranched alkanes of at least 4 members (excludes halogenated alkanes) is 6. The van der Waals surface area contributed by atoms with Gasteiger partial charge in [-0.3, -0.25) is 0 Å². The Bertz CT molecular complexity index is 393. The molecule has 1 aromatic rings. The number of imidazole rings is 1. The van der Waals surface area contributed by atoms with Crippen LogP contribution in [0.25, 0.3) is 0 Å². The highest BCUT2D eigenvalue weighted by atomic mass is 15.1. The number of anilines is 1. The van der Waals surface area contributed by atoms with E-state index in [0.717, 1.165) is 36.7 Å². The van der Waals surface area contributed by atoms with Crippen molar-refractivity contribution in [1.29, 1.82) is 0 Å². The fraction of sp³-hybridized carbons (Fsp3) is 0.706. The van der Waals surface area contributed by atoms with Crippen LogP contribution in [0, 0.1) is 0 Å². The van der Waals surface area contributed by atoms with Crippen molar-refractivity contribution in [2.75, 3.05) is 5.73 Å². The Morgan fingerprint density at radius 3 is 2.35 bits per heavy atom. The number of rotatable bonds is 11. The maximum Gasteiger partial charge on any atom is 0.127 e. The highest BCUT2D eigenvalue weighted by Gasteiger charge is 2.11. The zero-order chi connectivity index (χ0) is 14.8. The van der Waals surface area contributed by atoms with Crippen molar-refractivity contribution >= 4 is 5.82 Å². The summed E-state index contributed by atoms with van der Waals surface area (Å²) in [4.78, 5) is 4.68. The molecule has 114 valence electrons. The zero-order valence-corrected chi connectivity index (χ0v) is 13.3. The second kappa shape index (κ2) is 9.62. The Labute approximate surface area is 124 Å². The summed E-state index contributed by atoms with van der Waals surface area (Å²) < 4.78 is 2.09. The maximum atomic E-state index is 6.20. The van der Waals surface area contributed by atoms with E-state index in [1.165, 1.54) is 44.9 Å². The number of allylic oxidation sites excluding steroid dienone is 1. The van der Waals surface area contributed by atoms with Crippen LogP contribution in [0.4, 0.5) is 5.82 Å². The first-order valence-corrected chi connectivity index (χ1v) is 8.19. The van der Waals surface area contributed by atoms with Gasteiger partial charge in [0.05, 0.1) is 5.69 Å². The molecule has 0 spiro atoms. The number of aryl methyl sites for hydroxylation is 2. The molecule has 0 amide bonds. The predicted molar refractivity (Wildman–Crippen MR) is 87.9 cm³/mol. The molecule has 0 aliphatic heterocycles. The van der Waals surface area contributed by atoms with E-state index in [1.54, 1.807) is 0 Å². The minimum absolute atomic E-state index is 0.763. The van der Waals surface area contributed by atoms with E-state index in [0.29, 0.717) is 0 Å². The van der Waals surface area contributed by atoms with E-state index < -0.39 is 0 Å². The molecule has 0 fully saturated rings. The Morgan fingerprint density at radius 2 is 1.75 bits per heavy atom. The van der Waals surface area contributed by atoms with Gasteiger partial charge in [0, 0.05) is 13.0 Å². The molecular formula is C17H31N3. The van der Waals surface area contributed by atoms with Gasteiger partial charge in [-0.15, -0.1) is 6.58 Å². The van der Waals surface area contributed by atoms with E-state index in [9.17, 15) is 0 Å². The summed E-state index contributed by atoms with van der Waals surface area (Å²) in [6, 6.07) is 0. The summed E-state index contributed by atoms with van der Waals surface area (Å²) in [6.45, 7) is 8.93. The van der Waals surface area contributed by atoms with Crippen molar-refractivity contribution in [3.63, 3.8) is 0 Å². The van der Waals surface area contributed by atoms with Crippen LogP contribution in [-0.4, -0.2) is 9.55 Å².